The Morgan fingerprint density at radius 1 is 0.296 bits per heavy atom. The highest BCUT2D eigenvalue weighted by Crippen LogP contribution is 2.45. The Morgan fingerprint density at radius 3 is 1.59 bits per heavy atom. The van der Waals surface area contributed by atoms with Crippen LogP contribution in [0.2, 0.25) is 0 Å². The molecule has 0 aliphatic carbocycles. The van der Waals surface area contributed by atoms with E-state index in [0.717, 1.165) is 11.2 Å². The predicted molar refractivity (Wildman–Crippen MR) is 233 cm³/mol. The van der Waals surface area contributed by atoms with Crippen molar-refractivity contribution in [2.24, 2.45) is 0 Å². The van der Waals surface area contributed by atoms with Crippen molar-refractivity contribution in [3.63, 3.8) is 0 Å². The van der Waals surface area contributed by atoms with Crippen LogP contribution in [-0.2, 0) is 0 Å². The Morgan fingerprint density at radius 2 is 0.852 bits per heavy atom. The molecule has 1 nitrogen and oxygen atoms in total. The second-order valence-corrected chi connectivity index (χ2v) is 15.5. The molecular weight excluding hydrogens is 673 g/mol. The number of rotatable bonds is 3. The first-order valence-corrected chi connectivity index (χ1v) is 19.3. The molecule has 0 aliphatic heterocycles. The highest BCUT2D eigenvalue weighted by atomic mass is 32.1. The lowest BCUT2D eigenvalue weighted by atomic mass is 9.85. The number of hydrogen-bond donors (Lipinski definition) is 0. The molecule has 0 atom stereocenters. The average Bonchev–Trinajstić information content (AvgIpc) is 3.79. The number of hydrogen-bond acceptors (Lipinski definition) is 2. The van der Waals surface area contributed by atoms with E-state index < -0.39 is 0 Å². The van der Waals surface area contributed by atoms with E-state index in [9.17, 15) is 0 Å². The van der Waals surface area contributed by atoms with Crippen molar-refractivity contribution < 1.29 is 4.42 Å². The molecule has 0 unspecified atom stereocenters. The fourth-order valence-electron chi connectivity index (χ4n) is 8.93. The third-order valence-electron chi connectivity index (χ3n) is 11.4. The lowest BCUT2D eigenvalue weighted by molar-refractivity contribution is 0.669. The van der Waals surface area contributed by atoms with Gasteiger partial charge in [-0.25, -0.2) is 0 Å². The van der Waals surface area contributed by atoms with Gasteiger partial charge < -0.3 is 4.42 Å². The van der Waals surface area contributed by atoms with Crippen LogP contribution < -0.4 is 0 Å². The SMILES string of the molecule is c1ccc(-c2c3ccccc3c(-c3ccc4cc(-c5ccc6sc7cc8ccc9oc%10ccccc%10c9c8cc7c6c5)ccc4c3)c3ccccc23)cc1. The second-order valence-electron chi connectivity index (χ2n) is 14.4. The van der Waals surface area contributed by atoms with Gasteiger partial charge in [-0.15, -0.1) is 11.3 Å². The Hall–Kier alpha value is -6.74. The van der Waals surface area contributed by atoms with Crippen LogP contribution in [0.5, 0.6) is 0 Å². The first-order valence-electron chi connectivity index (χ1n) is 18.5. The molecule has 12 rings (SSSR count). The van der Waals surface area contributed by atoms with Crippen molar-refractivity contribution in [3.05, 3.63) is 182 Å². The van der Waals surface area contributed by atoms with Crippen molar-refractivity contribution >= 4 is 96.5 Å². The maximum Gasteiger partial charge on any atom is 0.136 e. The minimum Gasteiger partial charge on any atom is -0.456 e. The average molecular weight is 703 g/mol. The Bertz CT molecular complexity index is 3440. The third kappa shape index (κ3) is 4.38. The van der Waals surface area contributed by atoms with E-state index in [-0.39, 0.29) is 0 Å². The van der Waals surface area contributed by atoms with Crippen molar-refractivity contribution in [1.82, 2.24) is 0 Å². The molecule has 0 aliphatic rings. The topological polar surface area (TPSA) is 13.1 Å². The van der Waals surface area contributed by atoms with Crippen LogP contribution in [0.15, 0.2) is 186 Å². The predicted octanol–water partition coefficient (Wildman–Crippen LogP) is 15.6. The zero-order valence-electron chi connectivity index (χ0n) is 29.1. The summed E-state index contributed by atoms with van der Waals surface area (Å²) in [6.07, 6.45) is 0. The Balaban J connectivity index is 0.994. The fraction of sp³-hybridized carbons (Fsp3) is 0. The lowest BCUT2D eigenvalue weighted by Crippen LogP contribution is -1.90. The van der Waals surface area contributed by atoms with Crippen molar-refractivity contribution in [2.45, 2.75) is 0 Å². The van der Waals surface area contributed by atoms with Crippen LogP contribution in [0.3, 0.4) is 0 Å². The summed E-state index contributed by atoms with van der Waals surface area (Å²) in [4.78, 5) is 0. The minimum absolute atomic E-state index is 0.934. The summed E-state index contributed by atoms with van der Waals surface area (Å²) in [6, 6.07) is 66.8. The maximum atomic E-state index is 6.25. The van der Waals surface area contributed by atoms with Crippen molar-refractivity contribution in [2.75, 3.05) is 0 Å². The van der Waals surface area contributed by atoms with Crippen molar-refractivity contribution in [1.29, 1.82) is 0 Å². The number of furan rings is 1. The summed E-state index contributed by atoms with van der Waals surface area (Å²) in [5.74, 6) is 0. The van der Waals surface area contributed by atoms with E-state index in [4.69, 9.17) is 4.42 Å². The van der Waals surface area contributed by atoms with E-state index in [0.29, 0.717) is 0 Å². The summed E-state index contributed by atoms with van der Waals surface area (Å²) >= 11 is 1.87. The molecule has 2 aromatic heterocycles. The normalized spacial score (nSPS) is 12.1. The van der Waals surface area contributed by atoms with Crippen LogP contribution in [0, 0.1) is 0 Å². The molecule has 12 aromatic rings. The molecule has 0 saturated heterocycles. The minimum atomic E-state index is 0.934. The van der Waals surface area contributed by atoms with Gasteiger partial charge in [0.15, 0.2) is 0 Å². The fourth-order valence-corrected chi connectivity index (χ4v) is 10.1. The van der Waals surface area contributed by atoms with Gasteiger partial charge in [0.25, 0.3) is 0 Å². The van der Waals surface area contributed by atoms with E-state index in [1.807, 2.05) is 17.4 Å². The second kappa shape index (κ2) is 11.4. The largest absolute Gasteiger partial charge is 0.456 e. The van der Waals surface area contributed by atoms with E-state index in [1.54, 1.807) is 0 Å². The molecule has 0 radical (unpaired) electrons. The van der Waals surface area contributed by atoms with E-state index in [2.05, 4.69) is 176 Å². The molecule has 2 heterocycles. The molecule has 0 amide bonds. The molecular formula is C52H30OS. The van der Waals surface area contributed by atoms with Crippen molar-refractivity contribution in [3.8, 4) is 33.4 Å². The van der Waals surface area contributed by atoms with Gasteiger partial charge in [-0.1, -0.05) is 133 Å². The van der Waals surface area contributed by atoms with Gasteiger partial charge in [0.2, 0.25) is 0 Å². The third-order valence-corrected chi connectivity index (χ3v) is 12.5. The van der Waals surface area contributed by atoms with Gasteiger partial charge in [-0.3, -0.25) is 0 Å². The van der Waals surface area contributed by atoms with Gasteiger partial charge in [0.05, 0.1) is 0 Å². The van der Waals surface area contributed by atoms with Crippen LogP contribution in [0.1, 0.15) is 0 Å². The molecule has 54 heavy (non-hydrogen) atoms. The standard InChI is InChI=1S/C52H30OS/c1-2-10-31(11-3-1)50-38-12-4-6-14-40(38)51(41-15-7-5-13-39(41)50)37-21-20-32-26-33(18-19-34(32)27-37)35-23-25-48-44(28-35)45-30-43-36(29-49(45)54-48)22-24-47-52(43)42-16-8-9-17-46(42)53-47/h1-30H. The molecule has 0 N–H and O–H groups in total. The number of fused-ring (bicyclic) bond motifs is 11. The molecule has 0 bridgehead atoms. The number of benzene rings is 10. The van der Waals surface area contributed by atoms with Gasteiger partial charge in [-0.05, 0) is 125 Å². The Labute approximate surface area is 314 Å². The summed E-state index contributed by atoms with van der Waals surface area (Å²) in [5.41, 5.74) is 9.39. The quantitative estimate of drug-likeness (QED) is 0.167. The maximum absolute atomic E-state index is 6.25. The number of thiophene rings is 1. The molecule has 250 valence electrons. The summed E-state index contributed by atoms with van der Waals surface area (Å²) in [7, 11) is 0. The van der Waals surface area contributed by atoms with Gasteiger partial charge >= 0.3 is 0 Å². The molecule has 10 aromatic carbocycles. The number of para-hydroxylation sites is 1. The summed E-state index contributed by atoms with van der Waals surface area (Å²) in [5, 5.41) is 15.0. The zero-order valence-corrected chi connectivity index (χ0v) is 30.0. The Kier molecular flexibility index (Phi) is 6.28. The van der Waals surface area contributed by atoms with Crippen LogP contribution in [0.4, 0.5) is 0 Å². The zero-order chi connectivity index (χ0) is 35.3. The van der Waals surface area contributed by atoms with Crippen LogP contribution >= 0.6 is 11.3 Å². The molecule has 2 heteroatoms. The van der Waals surface area contributed by atoms with Gasteiger partial charge in [-0.2, -0.15) is 0 Å². The first-order chi connectivity index (χ1) is 26.7. The highest BCUT2D eigenvalue weighted by molar-refractivity contribution is 7.25. The lowest BCUT2D eigenvalue weighted by Gasteiger charge is -2.18. The molecule has 0 fully saturated rings. The monoisotopic (exact) mass is 702 g/mol. The van der Waals surface area contributed by atoms with Crippen LogP contribution in [0.25, 0.3) is 119 Å². The molecule has 0 spiro atoms. The smallest absolute Gasteiger partial charge is 0.136 e. The van der Waals surface area contributed by atoms with Gasteiger partial charge in [0, 0.05) is 30.9 Å². The first kappa shape index (κ1) is 29.8. The van der Waals surface area contributed by atoms with E-state index in [1.165, 1.54) is 107 Å². The van der Waals surface area contributed by atoms with E-state index >= 15 is 0 Å². The van der Waals surface area contributed by atoms with Crippen LogP contribution in [-0.4, -0.2) is 0 Å². The highest BCUT2D eigenvalue weighted by Gasteiger charge is 2.17. The van der Waals surface area contributed by atoms with Gasteiger partial charge in [0.1, 0.15) is 11.2 Å². The summed E-state index contributed by atoms with van der Waals surface area (Å²) in [6.45, 7) is 0. The summed E-state index contributed by atoms with van der Waals surface area (Å²) < 4.78 is 8.86. The molecule has 0 saturated carbocycles.